The molecule has 0 amide bonds. The van der Waals surface area contributed by atoms with Gasteiger partial charge < -0.3 is 4.57 Å². The zero-order valence-electron chi connectivity index (χ0n) is 12.3. The van der Waals surface area contributed by atoms with Crippen LogP contribution < -0.4 is 0 Å². The molecule has 0 bridgehead atoms. The normalized spacial score (nSPS) is 14.3. The molecule has 0 spiro atoms. The Hall–Kier alpha value is -1.94. The van der Waals surface area contributed by atoms with E-state index >= 15 is 0 Å². The van der Waals surface area contributed by atoms with Gasteiger partial charge in [0.1, 0.15) is 11.3 Å². The molecule has 0 aliphatic heterocycles. The van der Waals surface area contributed by atoms with E-state index in [1.165, 1.54) is 0 Å². The van der Waals surface area contributed by atoms with Gasteiger partial charge in [0.15, 0.2) is 5.65 Å². The van der Waals surface area contributed by atoms with Crippen LogP contribution in [0.2, 0.25) is 0 Å². The molecule has 0 saturated carbocycles. The summed E-state index contributed by atoms with van der Waals surface area (Å²) in [6.07, 6.45) is 3.61. The molecule has 0 aliphatic carbocycles. The Bertz CT molecular complexity index is 765. The molecule has 21 heavy (non-hydrogen) atoms. The first-order chi connectivity index (χ1) is 10.1. The molecule has 0 aliphatic rings. The molecule has 3 aromatic rings. The van der Waals surface area contributed by atoms with E-state index in [2.05, 4.69) is 21.5 Å². The van der Waals surface area contributed by atoms with Crippen LogP contribution in [0.5, 0.6) is 0 Å². The maximum Gasteiger partial charge on any atom is 0.160 e. The van der Waals surface area contributed by atoms with Crippen molar-refractivity contribution in [3.63, 3.8) is 0 Å². The lowest BCUT2D eigenvalue weighted by Crippen LogP contribution is -2.13. The van der Waals surface area contributed by atoms with Crippen LogP contribution >= 0.6 is 11.6 Å². The molecule has 3 rings (SSSR count). The molecule has 108 valence electrons. The summed E-state index contributed by atoms with van der Waals surface area (Å²) in [5, 5.41) is -0.190. The van der Waals surface area contributed by atoms with E-state index < -0.39 is 0 Å². The maximum atomic E-state index is 6.33. The van der Waals surface area contributed by atoms with Gasteiger partial charge in [-0.2, -0.15) is 0 Å². The molecule has 3 aromatic heterocycles. The van der Waals surface area contributed by atoms with Crippen LogP contribution in [-0.4, -0.2) is 19.5 Å². The summed E-state index contributed by atoms with van der Waals surface area (Å²) >= 11 is 6.33. The van der Waals surface area contributed by atoms with Gasteiger partial charge in [-0.1, -0.05) is 6.07 Å². The highest BCUT2D eigenvalue weighted by Crippen LogP contribution is 2.30. The second-order valence-electron chi connectivity index (χ2n) is 5.19. The van der Waals surface area contributed by atoms with Crippen molar-refractivity contribution < 1.29 is 0 Å². The third kappa shape index (κ3) is 2.40. The average Bonchev–Trinajstić information content (AvgIpc) is 2.88. The van der Waals surface area contributed by atoms with Gasteiger partial charge in [-0.25, -0.2) is 9.97 Å². The Labute approximate surface area is 128 Å². The van der Waals surface area contributed by atoms with Crippen molar-refractivity contribution in [1.29, 1.82) is 0 Å². The quantitative estimate of drug-likeness (QED) is 0.686. The van der Waals surface area contributed by atoms with E-state index in [1.807, 2.05) is 44.3 Å². The first-order valence-corrected chi connectivity index (χ1v) is 7.41. The van der Waals surface area contributed by atoms with Gasteiger partial charge in [0.2, 0.25) is 0 Å². The van der Waals surface area contributed by atoms with Gasteiger partial charge in [0.25, 0.3) is 0 Å². The van der Waals surface area contributed by atoms with Crippen molar-refractivity contribution in [1.82, 2.24) is 19.5 Å². The van der Waals surface area contributed by atoms with Gasteiger partial charge in [-0.3, -0.25) is 4.98 Å². The van der Waals surface area contributed by atoms with Crippen LogP contribution in [0.15, 0.2) is 36.7 Å². The van der Waals surface area contributed by atoms with Gasteiger partial charge >= 0.3 is 0 Å². The molecule has 2 unspecified atom stereocenters. The summed E-state index contributed by atoms with van der Waals surface area (Å²) < 4.78 is 2.09. The molecule has 0 N–H and O–H groups in total. The number of hydrogen-bond acceptors (Lipinski definition) is 3. The first kappa shape index (κ1) is 14.0. The molecule has 3 heterocycles. The molecular formula is C16H17ClN4. The van der Waals surface area contributed by atoms with Crippen molar-refractivity contribution in [3.05, 3.63) is 53.7 Å². The predicted molar refractivity (Wildman–Crippen MR) is 84.6 cm³/mol. The molecule has 5 heteroatoms. The largest absolute Gasteiger partial charge is 0.303 e. The van der Waals surface area contributed by atoms with Crippen molar-refractivity contribution >= 4 is 22.8 Å². The number of alkyl halides is 1. The van der Waals surface area contributed by atoms with E-state index in [0.717, 1.165) is 28.2 Å². The zero-order chi connectivity index (χ0) is 15.0. The number of rotatable bonds is 3. The molecule has 0 saturated heterocycles. The number of aryl methyl sites for hydroxylation is 1. The van der Waals surface area contributed by atoms with Gasteiger partial charge in [-0.05, 0) is 44.5 Å². The number of imidazole rings is 1. The number of halogens is 1. The lowest BCUT2D eigenvalue weighted by Gasteiger charge is -2.17. The summed E-state index contributed by atoms with van der Waals surface area (Å²) in [5.41, 5.74) is 3.84. The lowest BCUT2D eigenvalue weighted by molar-refractivity contribution is 0.599. The van der Waals surface area contributed by atoms with Crippen LogP contribution in [0.1, 0.15) is 42.3 Å². The smallest absolute Gasteiger partial charge is 0.160 e. The van der Waals surface area contributed by atoms with Crippen LogP contribution in [0, 0.1) is 6.92 Å². The van der Waals surface area contributed by atoms with E-state index in [1.54, 1.807) is 6.20 Å². The highest BCUT2D eigenvalue weighted by molar-refractivity contribution is 6.20. The third-order valence-corrected chi connectivity index (χ3v) is 3.86. The van der Waals surface area contributed by atoms with Gasteiger partial charge in [-0.15, -0.1) is 11.6 Å². The fourth-order valence-electron chi connectivity index (χ4n) is 2.55. The summed E-state index contributed by atoms with van der Waals surface area (Å²) in [6.45, 7) is 6.06. The number of hydrogen-bond donors (Lipinski definition) is 0. The topological polar surface area (TPSA) is 43.6 Å². The highest BCUT2D eigenvalue weighted by atomic mass is 35.5. The fourth-order valence-corrected chi connectivity index (χ4v) is 2.70. The maximum absolute atomic E-state index is 6.33. The van der Waals surface area contributed by atoms with Gasteiger partial charge in [0.05, 0.1) is 17.1 Å². The van der Waals surface area contributed by atoms with Gasteiger partial charge in [0, 0.05) is 12.4 Å². The first-order valence-electron chi connectivity index (χ1n) is 6.98. The summed E-state index contributed by atoms with van der Waals surface area (Å²) in [6, 6.07) is 7.90. The highest BCUT2D eigenvalue weighted by Gasteiger charge is 2.22. The Morgan fingerprint density at radius 3 is 2.57 bits per heavy atom. The molecule has 0 radical (unpaired) electrons. The standard InChI is InChI=1S/C16H17ClN4/c1-10-7-9-19-16-14(10)20-15(11(2)17)21(16)12(3)13-6-4-5-8-18-13/h4-9,11-12H,1-3H3. The van der Waals surface area contributed by atoms with Crippen molar-refractivity contribution in [2.24, 2.45) is 0 Å². The Balaban J connectivity index is 2.25. The number of pyridine rings is 2. The molecular weight excluding hydrogens is 284 g/mol. The zero-order valence-corrected chi connectivity index (χ0v) is 13.0. The van der Waals surface area contributed by atoms with E-state index in [-0.39, 0.29) is 11.4 Å². The van der Waals surface area contributed by atoms with E-state index in [9.17, 15) is 0 Å². The Morgan fingerprint density at radius 1 is 1.10 bits per heavy atom. The Kier molecular flexibility index (Phi) is 3.64. The number of nitrogens with zero attached hydrogens (tertiary/aromatic N) is 4. The second kappa shape index (κ2) is 5.45. The average molecular weight is 301 g/mol. The van der Waals surface area contributed by atoms with Crippen molar-refractivity contribution in [2.45, 2.75) is 32.2 Å². The van der Waals surface area contributed by atoms with Crippen LogP contribution in [0.3, 0.4) is 0 Å². The van der Waals surface area contributed by atoms with Crippen LogP contribution in [0.25, 0.3) is 11.2 Å². The molecule has 4 nitrogen and oxygen atoms in total. The van der Waals surface area contributed by atoms with Crippen molar-refractivity contribution in [3.8, 4) is 0 Å². The summed E-state index contributed by atoms with van der Waals surface area (Å²) in [7, 11) is 0. The van der Waals surface area contributed by atoms with Crippen molar-refractivity contribution in [2.75, 3.05) is 0 Å². The number of aromatic nitrogens is 4. The third-order valence-electron chi connectivity index (χ3n) is 3.67. The minimum Gasteiger partial charge on any atom is -0.303 e. The molecule has 0 fully saturated rings. The second-order valence-corrected chi connectivity index (χ2v) is 5.84. The summed E-state index contributed by atoms with van der Waals surface area (Å²) in [4.78, 5) is 13.6. The van der Waals surface area contributed by atoms with E-state index in [0.29, 0.717) is 0 Å². The van der Waals surface area contributed by atoms with Crippen LogP contribution in [0.4, 0.5) is 0 Å². The fraction of sp³-hybridized carbons (Fsp3) is 0.312. The Morgan fingerprint density at radius 2 is 1.90 bits per heavy atom. The molecule has 0 aromatic carbocycles. The van der Waals surface area contributed by atoms with Crippen LogP contribution in [-0.2, 0) is 0 Å². The monoisotopic (exact) mass is 300 g/mol. The van der Waals surface area contributed by atoms with E-state index in [4.69, 9.17) is 16.6 Å². The summed E-state index contributed by atoms with van der Waals surface area (Å²) in [5.74, 6) is 0.826. The SMILES string of the molecule is Cc1ccnc2c1nc(C(C)Cl)n2C(C)c1ccccn1. The predicted octanol–water partition coefficient (Wildman–Crippen LogP) is 4.04. The lowest BCUT2D eigenvalue weighted by atomic mass is 10.2. The molecule has 2 atom stereocenters. The minimum atomic E-state index is -0.190. The minimum absolute atomic E-state index is 0.0294. The number of fused-ring (bicyclic) bond motifs is 1.